The summed E-state index contributed by atoms with van der Waals surface area (Å²) in [5.41, 5.74) is 1.07. The Hall–Kier alpha value is -2.32. The highest BCUT2D eigenvalue weighted by atomic mass is 127. The summed E-state index contributed by atoms with van der Waals surface area (Å²) in [7, 11) is -3.56. The van der Waals surface area contributed by atoms with Crippen molar-refractivity contribution in [2.75, 3.05) is 25.4 Å². The van der Waals surface area contributed by atoms with Gasteiger partial charge in [-0.15, -0.1) is 0 Å². The third kappa shape index (κ3) is 18.5. The molecule has 276 valence electrons. The van der Waals surface area contributed by atoms with E-state index in [-0.39, 0.29) is 42.9 Å². The molecule has 1 amide bonds. The molecule has 49 heavy (non-hydrogen) atoms. The molecule has 1 unspecified atom stereocenters. The Bertz CT molecular complexity index is 1420. The fourth-order valence-corrected chi connectivity index (χ4v) is 7.09. The van der Waals surface area contributed by atoms with E-state index in [1.54, 1.807) is 11.6 Å². The second kappa shape index (κ2) is 25.6. The summed E-state index contributed by atoms with van der Waals surface area (Å²) in [6.07, 6.45) is 24.4. The zero-order valence-corrected chi connectivity index (χ0v) is 32.9. The number of fused-ring (bicyclic) bond motifs is 1. The molecule has 0 aliphatic heterocycles. The molecule has 3 rings (SSSR count). The highest BCUT2D eigenvalue weighted by molar-refractivity contribution is 7.89. The summed E-state index contributed by atoms with van der Waals surface area (Å²) in [5.74, 6) is 0.537. The molecule has 1 aromatic carbocycles. The standard InChI is InChI=1S/C37H60N6O4S.HI/c1-3-4-5-6-7-8-9-10-11-12-13-14-15-16-17-20-26-38-37(44)47-31-35(43-32-39-33(2)41-43)30-40-48(45,46)29-22-28-42-27-21-24-34-23-18-19-25-36(34)42;/h18-19,21,23-25,27,32,35,40H,3-17,20,22,26,28-31H2,1-2H3;1H. The molecular weight excluding hydrogens is 751 g/mol. The number of amides is 1. The van der Waals surface area contributed by atoms with Gasteiger partial charge in [-0.1, -0.05) is 115 Å². The first-order valence-electron chi connectivity index (χ1n) is 18.5. The van der Waals surface area contributed by atoms with Crippen LogP contribution in [0.2, 0.25) is 0 Å². The Morgan fingerprint density at radius 3 is 2.06 bits per heavy atom. The first-order valence-corrected chi connectivity index (χ1v) is 20.2. The number of nitrogens with zero attached hydrogens (tertiary/aromatic N) is 4. The number of benzene rings is 1. The Morgan fingerprint density at radius 2 is 1.45 bits per heavy atom. The predicted octanol–water partition coefficient (Wildman–Crippen LogP) is 4.57. The normalized spacial score (nSPS) is 12.1. The highest BCUT2D eigenvalue weighted by Crippen LogP contribution is 2.14. The van der Waals surface area contributed by atoms with Crippen LogP contribution in [0.1, 0.15) is 128 Å². The minimum absolute atomic E-state index is 0. The van der Waals surface area contributed by atoms with Gasteiger partial charge in [0.15, 0.2) is 6.20 Å². The maximum atomic E-state index is 12.9. The Balaban J connectivity index is 0.00000833. The van der Waals surface area contributed by atoms with Gasteiger partial charge >= 0.3 is 6.09 Å². The number of hydrogen-bond donors (Lipinski definition) is 2. The maximum Gasteiger partial charge on any atom is 0.407 e. The summed E-state index contributed by atoms with van der Waals surface area (Å²) in [4.78, 5) is 16.6. The SMILES string of the molecule is CCCCCCCCCCCCCCCCCCNC(=O)OCC(CNS(=O)(=O)CCC[n+]1cccc2ccccc21)n1cnc(C)n1.[I-]. The fourth-order valence-electron chi connectivity index (χ4n) is 5.99. The van der Waals surface area contributed by atoms with E-state index in [1.807, 2.05) is 42.6 Å². The predicted molar refractivity (Wildman–Crippen MR) is 193 cm³/mol. The van der Waals surface area contributed by atoms with E-state index in [0.717, 1.165) is 23.7 Å². The number of sulfonamides is 1. The number of aromatic nitrogens is 4. The van der Waals surface area contributed by atoms with Crippen LogP contribution in [-0.4, -0.2) is 54.7 Å². The molecule has 0 fully saturated rings. The molecule has 0 aliphatic carbocycles. The number of rotatable bonds is 27. The van der Waals surface area contributed by atoms with Gasteiger partial charge in [0.1, 0.15) is 31.3 Å². The molecule has 2 heterocycles. The summed E-state index contributed by atoms with van der Waals surface area (Å²) in [6.45, 7) is 5.18. The fraction of sp³-hybridized carbons (Fsp3) is 0.676. The third-order valence-corrected chi connectivity index (χ3v) is 10.3. The summed E-state index contributed by atoms with van der Waals surface area (Å²) in [6, 6.07) is 11.5. The number of unbranched alkanes of at least 4 members (excludes halogenated alkanes) is 15. The van der Waals surface area contributed by atoms with Gasteiger partial charge < -0.3 is 34.0 Å². The van der Waals surface area contributed by atoms with E-state index < -0.39 is 22.2 Å². The van der Waals surface area contributed by atoms with Crippen molar-refractivity contribution in [3.63, 3.8) is 0 Å². The van der Waals surface area contributed by atoms with Gasteiger partial charge in [-0.05, 0) is 25.5 Å². The topological polar surface area (TPSA) is 119 Å². The molecule has 2 aromatic heterocycles. The number of aryl methyl sites for hydroxylation is 2. The van der Waals surface area contributed by atoms with Gasteiger partial charge in [0, 0.05) is 37.0 Å². The van der Waals surface area contributed by atoms with E-state index in [2.05, 4.69) is 31.6 Å². The number of nitrogens with one attached hydrogen (secondary N) is 2. The maximum absolute atomic E-state index is 12.9. The van der Waals surface area contributed by atoms with Crippen molar-refractivity contribution < 1.29 is 46.5 Å². The van der Waals surface area contributed by atoms with E-state index in [1.165, 1.54) is 96.2 Å². The van der Waals surface area contributed by atoms with Crippen LogP contribution < -0.4 is 38.6 Å². The zero-order valence-electron chi connectivity index (χ0n) is 30.0. The lowest BCUT2D eigenvalue weighted by atomic mass is 10.0. The molecule has 12 heteroatoms. The van der Waals surface area contributed by atoms with E-state index in [9.17, 15) is 13.2 Å². The Labute approximate surface area is 312 Å². The van der Waals surface area contributed by atoms with Gasteiger partial charge in [0.25, 0.3) is 0 Å². The van der Waals surface area contributed by atoms with Crippen molar-refractivity contribution in [1.29, 1.82) is 0 Å². The average Bonchev–Trinajstić information content (AvgIpc) is 3.52. The molecule has 0 spiro atoms. The quantitative estimate of drug-likeness (QED) is 0.0663. The lowest BCUT2D eigenvalue weighted by Gasteiger charge is -2.18. The third-order valence-electron chi connectivity index (χ3n) is 8.84. The van der Waals surface area contributed by atoms with Crippen molar-refractivity contribution in [1.82, 2.24) is 24.8 Å². The number of carbonyl (C=O) groups excluding carboxylic acids is 1. The lowest BCUT2D eigenvalue weighted by Crippen LogP contribution is -3.00. The number of ether oxygens (including phenoxy) is 1. The minimum atomic E-state index is -3.56. The smallest absolute Gasteiger partial charge is 0.407 e. The first kappa shape index (κ1) is 42.8. The number of halogens is 1. The van der Waals surface area contributed by atoms with Gasteiger partial charge in [0.2, 0.25) is 15.5 Å². The van der Waals surface area contributed by atoms with Crippen LogP contribution in [0.3, 0.4) is 0 Å². The minimum Gasteiger partial charge on any atom is -1.00 e. The molecule has 3 aromatic rings. The molecular formula is C37H61IN6O4S. The van der Waals surface area contributed by atoms with E-state index in [0.29, 0.717) is 25.3 Å². The van der Waals surface area contributed by atoms with Crippen LogP contribution >= 0.6 is 0 Å². The average molecular weight is 813 g/mol. The van der Waals surface area contributed by atoms with Crippen molar-refractivity contribution in [2.24, 2.45) is 0 Å². The largest absolute Gasteiger partial charge is 1.00 e. The number of hydrogen-bond acceptors (Lipinski definition) is 6. The second-order valence-corrected chi connectivity index (χ2v) is 15.0. The Morgan fingerprint density at radius 1 is 0.857 bits per heavy atom. The van der Waals surface area contributed by atoms with Crippen molar-refractivity contribution in [3.8, 4) is 0 Å². The monoisotopic (exact) mass is 812 g/mol. The van der Waals surface area contributed by atoms with Crippen LogP contribution in [0.4, 0.5) is 4.79 Å². The number of pyridine rings is 1. The lowest BCUT2D eigenvalue weighted by molar-refractivity contribution is -0.671. The van der Waals surface area contributed by atoms with Crippen molar-refractivity contribution >= 4 is 27.0 Å². The molecule has 0 saturated heterocycles. The molecule has 0 bridgehead atoms. The molecule has 10 nitrogen and oxygen atoms in total. The molecule has 1 atom stereocenters. The van der Waals surface area contributed by atoms with Crippen molar-refractivity contribution in [3.05, 3.63) is 54.7 Å². The second-order valence-electron chi connectivity index (χ2n) is 13.0. The van der Waals surface area contributed by atoms with E-state index >= 15 is 0 Å². The van der Waals surface area contributed by atoms with Gasteiger partial charge in [-0.25, -0.2) is 27.6 Å². The number of carbonyl (C=O) groups is 1. The van der Waals surface area contributed by atoms with Gasteiger partial charge in [-0.2, -0.15) is 9.67 Å². The Kier molecular flexibility index (Phi) is 22.4. The summed E-state index contributed by atoms with van der Waals surface area (Å²) < 4.78 is 37.5. The van der Waals surface area contributed by atoms with Crippen LogP contribution in [0.5, 0.6) is 0 Å². The summed E-state index contributed by atoms with van der Waals surface area (Å²) in [5, 5.41) is 8.26. The molecule has 0 aliphatic rings. The van der Waals surface area contributed by atoms with Crippen LogP contribution in [0.15, 0.2) is 48.9 Å². The zero-order chi connectivity index (χ0) is 34.3. The number of alkyl carbamates (subject to hydrolysis) is 1. The van der Waals surface area contributed by atoms with Crippen LogP contribution in [-0.2, 0) is 21.3 Å². The van der Waals surface area contributed by atoms with Crippen molar-refractivity contribution in [2.45, 2.75) is 136 Å². The molecule has 0 saturated carbocycles. The first-order chi connectivity index (χ1) is 23.4. The van der Waals surface area contributed by atoms with E-state index in [4.69, 9.17) is 4.74 Å². The molecule has 2 N–H and O–H groups in total. The van der Waals surface area contributed by atoms with Gasteiger partial charge in [-0.3, -0.25) is 0 Å². The highest BCUT2D eigenvalue weighted by Gasteiger charge is 2.20. The number of para-hydroxylation sites is 1. The van der Waals surface area contributed by atoms with Crippen LogP contribution in [0.25, 0.3) is 10.9 Å². The van der Waals surface area contributed by atoms with Crippen LogP contribution in [0, 0.1) is 6.92 Å². The summed E-state index contributed by atoms with van der Waals surface area (Å²) >= 11 is 0. The van der Waals surface area contributed by atoms with Gasteiger partial charge in [0.05, 0.1) is 5.75 Å². The molecule has 0 radical (unpaired) electrons.